The average molecular weight is 416 g/mol. The third-order valence-corrected chi connectivity index (χ3v) is 6.01. The van der Waals surface area contributed by atoms with Crippen LogP contribution in [0.1, 0.15) is 48.4 Å². The van der Waals surface area contributed by atoms with Crippen LogP contribution in [0.25, 0.3) is 0 Å². The quantitative estimate of drug-likeness (QED) is 0.665. The van der Waals surface area contributed by atoms with Crippen LogP contribution in [0.3, 0.4) is 0 Å². The zero-order valence-corrected chi connectivity index (χ0v) is 17.5. The van der Waals surface area contributed by atoms with E-state index in [1.807, 2.05) is 13.0 Å². The molecule has 7 heteroatoms. The monoisotopic (exact) mass is 416 g/mol. The molecule has 0 bridgehead atoms. The van der Waals surface area contributed by atoms with Gasteiger partial charge in [0.25, 0.3) is 0 Å². The molecule has 2 heterocycles. The van der Waals surface area contributed by atoms with Crippen molar-refractivity contribution in [1.82, 2.24) is 14.8 Å². The number of anilines is 1. The predicted molar refractivity (Wildman–Crippen MR) is 116 cm³/mol. The number of ketones is 1. The Labute approximate surface area is 180 Å². The number of allylic oxidation sites excluding steroid dienone is 2. The number of nitrogens with one attached hydrogen (secondary N) is 1. The molecule has 0 spiro atoms. The first-order valence-electron chi connectivity index (χ1n) is 10.5. The molecule has 158 valence electrons. The molecule has 31 heavy (non-hydrogen) atoms. The molecule has 2 atom stereocenters. The van der Waals surface area contributed by atoms with Crippen LogP contribution in [0, 0.1) is 6.92 Å². The largest absolute Gasteiger partial charge is 0.504 e. The number of aryl methyl sites for hydroxylation is 1. The fourth-order valence-electron chi connectivity index (χ4n) is 4.51. The highest BCUT2D eigenvalue weighted by molar-refractivity contribution is 6.00. The number of rotatable bonds is 4. The van der Waals surface area contributed by atoms with Gasteiger partial charge in [0.05, 0.1) is 6.61 Å². The number of phenolic OH excluding ortho intramolecular Hbond substituents is 1. The summed E-state index contributed by atoms with van der Waals surface area (Å²) >= 11 is 0. The van der Waals surface area contributed by atoms with Crippen LogP contribution in [0.4, 0.5) is 5.95 Å². The zero-order chi connectivity index (χ0) is 21.5. The lowest BCUT2D eigenvalue weighted by atomic mass is 9.78. The normalized spacial score (nSPS) is 20.1. The van der Waals surface area contributed by atoms with E-state index in [9.17, 15) is 9.90 Å². The van der Waals surface area contributed by atoms with Gasteiger partial charge in [0, 0.05) is 17.7 Å². The lowest BCUT2D eigenvalue weighted by Gasteiger charge is -2.35. The van der Waals surface area contributed by atoms with Crippen LogP contribution < -0.4 is 10.1 Å². The van der Waals surface area contributed by atoms with Gasteiger partial charge in [-0.3, -0.25) is 4.79 Å². The van der Waals surface area contributed by atoms with Crippen LogP contribution in [-0.4, -0.2) is 32.3 Å². The molecule has 1 aliphatic carbocycles. The van der Waals surface area contributed by atoms with E-state index < -0.39 is 6.04 Å². The minimum atomic E-state index is -0.417. The molecule has 0 saturated heterocycles. The maximum Gasteiger partial charge on any atom is 0.226 e. The van der Waals surface area contributed by atoms with Crippen molar-refractivity contribution in [3.05, 3.63) is 76.8 Å². The number of phenols is 1. The van der Waals surface area contributed by atoms with Gasteiger partial charge in [-0.05, 0) is 49.4 Å². The van der Waals surface area contributed by atoms with Gasteiger partial charge in [-0.25, -0.2) is 4.68 Å². The first-order valence-corrected chi connectivity index (χ1v) is 10.5. The number of carbonyl (C=O) groups is 1. The minimum absolute atomic E-state index is 0.0713. The number of carbonyl (C=O) groups excluding carboxylic acids is 1. The maximum atomic E-state index is 13.4. The smallest absolute Gasteiger partial charge is 0.226 e. The van der Waals surface area contributed by atoms with Crippen LogP contribution in [-0.2, 0) is 4.79 Å². The zero-order valence-electron chi connectivity index (χ0n) is 17.5. The van der Waals surface area contributed by atoms with Gasteiger partial charge < -0.3 is 15.2 Å². The summed E-state index contributed by atoms with van der Waals surface area (Å²) in [6.07, 6.45) is 2.66. The van der Waals surface area contributed by atoms with Crippen molar-refractivity contribution in [2.24, 2.45) is 0 Å². The Morgan fingerprint density at radius 3 is 2.71 bits per heavy atom. The van der Waals surface area contributed by atoms with E-state index in [4.69, 9.17) is 4.74 Å². The lowest BCUT2D eigenvalue weighted by molar-refractivity contribution is -0.116. The van der Waals surface area contributed by atoms with Gasteiger partial charge >= 0.3 is 0 Å². The van der Waals surface area contributed by atoms with Crippen LogP contribution >= 0.6 is 0 Å². The molecule has 3 aromatic rings. The van der Waals surface area contributed by atoms with E-state index in [-0.39, 0.29) is 17.5 Å². The van der Waals surface area contributed by atoms with Crippen LogP contribution in [0.2, 0.25) is 0 Å². The summed E-state index contributed by atoms with van der Waals surface area (Å²) in [6, 6.07) is 13.2. The third kappa shape index (κ3) is 3.36. The maximum absolute atomic E-state index is 13.4. The lowest BCUT2D eigenvalue weighted by Crippen LogP contribution is -2.33. The van der Waals surface area contributed by atoms with Crippen molar-refractivity contribution < 1.29 is 14.6 Å². The van der Waals surface area contributed by atoms with Gasteiger partial charge in [-0.2, -0.15) is 10.1 Å². The second-order valence-electron chi connectivity index (χ2n) is 8.05. The Morgan fingerprint density at radius 1 is 1.16 bits per heavy atom. The Bertz CT molecular complexity index is 1180. The molecule has 2 N–H and O–H groups in total. The van der Waals surface area contributed by atoms with Gasteiger partial charge in [0.2, 0.25) is 5.95 Å². The number of aromatic nitrogens is 3. The third-order valence-electron chi connectivity index (χ3n) is 6.01. The molecule has 2 aliphatic rings. The second-order valence-corrected chi connectivity index (χ2v) is 8.05. The standard InChI is InChI=1S/C24H24N4O3/c1-3-31-21-12-16(8-9-19(21)29)23-22-18(27-24-25-13-26-28(23)24)10-17(11-20(22)30)15-6-4-14(2)5-7-15/h4-9,12-13,17,23,29H,3,10-11H2,1-2H3,(H,25,26,27). The molecule has 0 fully saturated rings. The molecular formula is C24H24N4O3. The molecule has 7 nitrogen and oxygen atoms in total. The number of hydrogen-bond donors (Lipinski definition) is 2. The van der Waals surface area contributed by atoms with Crippen molar-refractivity contribution in [2.75, 3.05) is 11.9 Å². The van der Waals surface area contributed by atoms with Crippen molar-refractivity contribution in [2.45, 2.75) is 38.6 Å². The summed E-state index contributed by atoms with van der Waals surface area (Å²) in [5.41, 5.74) is 4.78. The van der Waals surface area contributed by atoms with E-state index in [1.54, 1.807) is 16.8 Å². The van der Waals surface area contributed by atoms with Gasteiger partial charge in [0.1, 0.15) is 12.4 Å². The molecule has 0 amide bonds. The number of fused-ring (bicyclic) bond motifs is 1. The molecule has 0 saturated carbocycles. The van der Waals surface area contributed by atoms with Crippen LogP contribution in [0.5, 0.6) is 11.5 Å². The van der Waals surface area contributed by atoms with Gasteiger partial charge in [-0.15, -0.1) is 0 Å². The van der Waals surface area contributed by atoms with Crippen molar-refractivity contribution >= 4 is 11.7 Å². The fraction of sp³-hybridized carbons (Fsp3) is 0.292. The number of Topliss-reactive ketones (excluding diaryl/α,β-unsaturated/α-hetero) is 1. The number of aromatic hydroxyl groups is 1. The molecule has 1 aromatic heterocycles. The van der Waals surface area contributed by atoms with E-state index >= 15 is 0 Å². The Morgan fingerprint density at radius 2 is 1.94 bits per heavy atom. The summed E-state index contributed by atoms with van der Waals surface area (Å²) in [7, 11) is 0. The van der Waals surface area contributed by atoms with E-state index in [2.05, 4.69) is 46.6 Å². The summed E-state index contributed by atoms with van der Waals surface area (Å²) in [6.45, 7) is 4.36. The summed E-state index contributed by atoms with van der Waals surface area (Å²) < 4.78 is 7.30. The molecule has 0 radical (unpaired) electrons. The molecular weight excluding hydrogens is 392 g/mol. The molecule has 2 aromatic carbocycles. The SMILES string of the molecule is CCOc1cc(C2C3=C(CC(c4ccc(C)cc4)CC3=O)Nc3ncnn32)ccc1O. The predicted octanol–water partition coefficient (Wildman–Crippen LogP) is 4.11. The highest BCUT2D eigenvalue weighted by atomic mass is 16.5. The number of hydrogen-bond acceptors (Lipinski definition) is 6. The van der Waals surface area contributed by atoms with Crippen molar-refractivity contribution in [3.63, 3.8) is 0 Å². The van der Waals surface area contributed by atoms with Gasteiger partial charge in [0.15, 0.2) is 17.3 Å². The first kappa shape index (κ1) is 19.4. The number of ether oxygens (including phenoxy) is 1. The van der Waals surface area contributed by atoms with Crippen molar-refractivity contribution in [1.29, 1.82) is 0 Å². The number of benzene rings is 2. The minimum Gasteiger partial charge on any atom is -0.504 e. The molecule has 1 aliphatic heterocycles. The highest BCUT2D eigenvalue weighted by Gasteiger charge is 2.39. The number of nitrogens with zero attached hydrogens (tertiary/aromatic N) is 3. The van der Waals surface area contributed by atoms with E-state index in [0.29, 0.717) is 30.3 Å². The Hall–Kier alpha value is -3.61. The van der Waals surface area contributed by atoms with Gasteiger partial charge in [-0.1, -0.05) is 35.9 Å². The average Bonchev–Trinajstić information content (AvgIpc) is 3.22. The Kier molecular flexibility index (Phi) is 4.73. The topological polar surface area (TPSA) is 89.3 Å². The summed E-state index contributed by atoms with van der Waals surface area (Å²) in [5.74, 6) is 1.28. The highest BCUT2D eigenvalue weighted by Crippen LogP contribution is 2.44. The Balaban J connectivity index is 1.58. The fourth-order valence-corrected chi connectivity index (χ4v) is 4.51. The summed E-state index contributed by atoms with van der Waals surface area (Å²) in [4.78, 5) is 17.8. The van der Waals surface area contributed by atoms with E-state index in [0.717, 1.165) is 17.7 Å². The van der Waals surface area contributed by atoms with Crippen molar-refractivity contribution in [3.8, 4) is 11.5 Å². The second kappa shape index (κ2) is 7.58. The van der Waals surface area contributed by atoms with E-state index in [1.165, 1.54) is 17.5 Å². The molecule has 2 unspecified atom stereocenters. The van der Waals surface area contributed by atoms with Crippen LogP contribution in [0.15, 0.2) is 60.1 Å². The first-order chi connectivity index (χ1) is 15.0. The molecule has 5 rings (SSSR count). The summed E-state index contributed by atoms with van der Waals surface area (Å²) in [5, 5.41) is 17.9.